The maximum Gasteiger partial charge on any atom is 0.160 e. The highest BCUT2D eigenvalue weighted by atomic mass is 35.5. The number of thiazole rings is 1. The maximum absolute atomic E-state index is 6.37. The van der Waals surface area contributed by atoms with E-state index in [-0.39, 0.29) is 11.4 Å². The predicted molar refractivity (Wildman–Crippen MR) is 87.1 cm³/mol. The van der Waals surface area contributed by atoms with Crippen LogP contribution in [0.5, 0.6) is 0 Å². The van der Waals surface area contributed by atoms with E-state index in [9.17, 15) is 0 Å². The second kappa shape index (κ2) is 5.73. The number of fused-ring (bicyclic) bond motifs is 1. The quantitative estimate of drug-likeness (QED) is 0.665. The van der Waals surface area contributed by atoms with Gasteiger partial charge in [-0.2, -0.15) is 0 Å². The lowest BCUT2D eigenvalue weighted by atomic mass is 10.2. The number of hydrogen-bond acceptors (Lipinski definition) is 4. The van der Waals surface area contributed by atoms with Gasteiger partial charge in [-0.1, -0.05) is 6.92 Å². The minimum absolute atomic E-state index is 0.125. The molecule has 0 saturated heterocycles. The van der Waals surface area contributed by atoms with Crippen LogP contribution in [0.25, 0.3) is 11.2 Å². The number of hydrogen-bond donors (Lipinski definition) is 0. The van der Waals surface area contributed by atoms with Gasteiger partial charge in [0.1, 0.15) is 16.3 Å². The molecule has 21 heavy (non-hydrogen) atoms. The SMILES string of the molecule is CCC(c1nccs1)n1c(C(C)Cl)nc2c(C)ccnc21. The molecule has 110 valence electrons. The van der Waals surface area contributed by atoms with Gasteiger partial charge < -0.3 is 4.57 Å². The van der Waals surface area contributed by atoms with Crippen molar-refractivity contribution < 1.29 is 0 Å². The molecule has 3 heterocycles. The lowest BCUT2D eigenvalue weighted by molar-refractivity contribution is 0.549. The van der Waals surface area contributed by atoms with Crippen molar-refractivity contribution in [3.8, 4) is 0 Å². The van der Waals surface area contributed by atoms with Gasteiger partial charge >= 0.3 is 0 Å². The topological polar surface area (TPSA) is 43.6 Å². The van der Waals surface area contributed by atoms with E-state index >= 15 is 0 Å². The summed E-state index contributed by atoms with van der Waals surface area (Å²) in [5.41, 5.74) is 2.93. The van der Waals surface area contributed by atoms with Crippen LogP contribution < -0.4 is 0 Å². The Morgan fingerprint density at radius 1 is 1.33 bits per heavy atom. The number of alkyl halides is 1. The zero-order valence-corrected chi connectivity index (χ0v) is 13.8. The van der Waals surface area contributed by atoms with Crippen molar-refractivity contribution in [1.29, 1.82) is 0 Å². The second-order valence-corrected chi connectivity index (χ2v) is 6.63. The predicted octanol–water partition coefficient (Wildman–Crippen LogP) is 4.50. The van der Waals surface area contributed by atoms with Crippen molar-refractivity contribution in [3.63, 3.8) is 0 Å². The standard InChI is InChI=1S/C15H17ClN4S/c1-4-11(15-18-7-8-21-15)20-13(10(3)16)19-12-9(2)5-6-17-14(12)20/h5-8,10-11H,4H2,1-3H3. The van der Waals surface area contributed by atoms with E-state index in [0.717, 1.165) is 34.0 Å². The average molecular weight is 321 g/mol. The molecule has 0 aliphatic carbocycles. The third kappa shape index (κ3) is 2.45. The molecule has 3 rings (SSSR count). The van der Waals surface area contributed by atoms with Crippen LogP contribution in [0, 0.1) is 6.92 Å². The van der Waals surface area contributed by atoms with E-state index in [0.29, 0.717) is 0 Å². The Morgan fingerprint density at radius 3 is 2.76 bits per heavy atom. The van der Waals surface area contributed by atoms with Crippen LogP contribution in [0.3, 0.4) is 0 Å². The lowest BCUT2D eigenvalue weighted by Gasteiger charge is -2.18. The highest BCUT2D eigenvalue weighted by molar-refractivity contribution is 7.09. The van der Waals surface area contributed by atoms with Gasteiger partial charge in [-0.15, -0.1) is 22.9 Å². The fraction of sp³-hybridized carbons (Fsp3) is 0.400. The minimum Gasteiger partial charge on any atom is -0.301 e. The number of rotatable bonds is 4. The Hall–Kier alpha value is -1.46. The molecule has 0 radical (unpaired) electrons. The first-order valence-corrected chi connectivity index (χ1v) is 8.32. The number of imidazole rings is 1. The van der Waals surface area contributed by atoms with Gasteiger partial charge in [0.2, 0.25) is 0 Å². The van der Waals surface area contributed by atoms with Gasteiger partial charge in [0, 0.05) is 17.8 Å². The summed E-state index contributed by atoms with van der Waals surface area (Å²) >= 11 is 8.02. The Morgan fingerprint density at radius 2 is 2.14 bits per heavy atom. The molecule has 0 N–H and O–H groups in total. The first-order valence-electron chi connectivity index (χ1n) is 7.00. The van der Waals surface area contributed by atoms with Crippen molar-refractivity contribution in [1.82, 2.24) is 19.5 Å². The summed E-state index contributed by atoms with van der Waals surface area (Å²) in [6, 6.07) is 2.10. The summed E-state index contributed by atoms with van der Waals surface area (Å²) in [4.78, 5) is 13.8. The van der Waals surface area contributed by atoms with E-state index in [1.54, 1.807) is 11.3 Å². The molecule has 0 aliphatic heterocycles. The summed E-state index contributed by atoms with van der Waals surface area (Å²) in [7, 11) is 0. The first kappa shape index (κ1) is 14.5. The molecule has 6 heteroatoms. The number of aryl methyl sites for hydroxylation is 1. The molecule has 2 atom stereocenters. The average Bonchev–Trinajstić information content (AvgIpc) is 3.09. The van der Waals surface area contributed by atoms with Gasteiger partial charge in [0.05, 0.1) is 11.4 Å². The highest BCUT2D eigenvalue weighted by Crippen LogP contribution is 2.33. The molecule has 0 saturated carbocycles. The summed E-state index contributed by atoms with van der Waals surface area (Å²) in [5.74, 6) is 0.857. The molecule has 4 nitrogen and oxygen atoms in total. The van der Waals surface area contributed by atoms with Crippen molar-refractivity contribution in [2.24, 2.45) is 0 Å². The number of pyridine rings is 1. The molecule has 3 aromatic rings. The third-order valence-corrected chi connectivity index (χ3v) is 4.67. The van der Waals surface area contributed by atoms with Gasteiger partial charge in [-0.05, 0) is 31.9 Å². The van der Waals surface area contributed by atoms with Crippen molar-refractivity contribution in [3.05, 3.63) is 40.2 Å². The summed E-state index contributed by atoms with van der Waals surface area (Å²) in [6.07, 6.45) is 4.59. The number of halogens is 1. The van der Waals surface area contributed by atoms with E-state index in [2.05, 4.69) is 21.5 Å². The number of aromatic nitrogens is 4. The van der Waals surface area contributed by atoms with Crippen molar-refractivity contribution >= 4 is 34.1 Å². The molecule has 0 fully saturated rings. The lowest BCUT2D eigenvalue weighted by Crippen LogP contribution is -2.14. The molecular weight excluding hydrogens is 304 g/mol. The van der Waals surface area contributed by atoms with Crippen LogP contribution in [0.1, 0.15) is 48.1 Å². The third-order valence-electron chi connectivity index (χ3n) is 3.60. The van der Waals surface area contributed by atoms with Gasteiger partial charge in [0.25, 0.3) is 0 Å². The highest BCUT2D eigenvalue weighted by Gasteiger charge is 2.24. The van der Waals surface area contributed by atoms with Crippen LogP contribution in [0.4, 0.5) is 0 Å². The van der Waals surface area contributed by atoms with E-state index in [1.807, 2.05) is 37.7 Å². The Kier molecular flexibility index (Phi) is 3.95. The molecule has 0 spiro atoms. The molecule has 0 aliphatic rings. The Bertz CT molecular complexity index is 748. The van der Waals surface area contributed by atoms with Crippen LogP contribution in [-0.2, 0) is 0 Å². The Balaban J connectivity index is 2.29. The molecule has 0 amide bonds. The van der Waals surface area contributed by atoms with Gasteiger partial charge in [-0.3, -0.25) is 0 Å². The summed E-state index contributed by atoms with van der Waals surface area (Å²) < 4.78 is 2.15. The largest absolute Gasteiger partial charge is 0.301 e. The van der Waals surface area contributed by atoms with Crippen LogP contribution in [0.2, 0.25) is 0 Å². The second-order valence-electron chi connectivity index (χ2n) is 5.05. The number of nitrogens with zero attached hydrogens (tertiary/aromatic N) is 4. The van der Waals surface area contributed by atoms with E-state index in [1.165, 1.54) is 0 Å². The van der Waals surface area contributed by atoms with E-state index < -0.39 is 0 Å². The Labute approximate surface area is 132 Å². The summed E-state index contributed by atoms with van der Waals surface area (Å²) in [5, 5.41) is 2.89. The maximum atomic E-state index is 6.37. The van der Waals surface area contributed by atoms with Crippen LogP contribution in [0.15, 0.2) is 23.8 Å². The fourth-order valence-corrected chi connectivity index (χ4v) is 3.55. The minimum atomic E-state index is -0.174. The van der Waals surface area contributed by atoms with Crippen molar-refractivity contribution in [2.45, 2.75) is 38.6 Å². The monoisotopic (exact) mass is 320 g/mol. The normalized spacial score (nSPS) is 14.5. The first-order chi connectivity index (χ1) is 10.1. The van der Waals surface area contributed by atoms with Crippen molar-refractivity contribution in [2.75, 3.05) is 0 Å². The molecule has 0 aromatic carbocycles. The van der Waals surface area contributed by atoms with Gasteiger partial charge in [0.15, 0.2) is 5.65 Å². The smallest absolute Gasteiger partial charge is 0.160 e. The fourth-order valence-electron chi connectivity index (χ4n) is 2.58. The molecule has 0 bridgehead atoms. The van der Waals surface area contributed by atoms with Crippen LogP contribution >= 0.6 is 22.9 Å². The summed E-state index contributed by atoms with van der Waals surface area (Å²) in [6.45, 7) is 6.15. The molecule has 2 unspecified atom stereocenters. The van der Waals surface area contributed by atoms with E-state index in [4.69, 9.17) is 16.6 Å². The zero-order valence-electron chi connectivity index (χ0n) is 12.2. The molecular formula is C15H17ClN4S. The zero-order chi connectivity index (χ0) is 15.0. The van der Waals surface area contributed by atoms with Gasteiger partial charge in [-0.25, -0.2) is 15.0 Å². The molecule has 3 aromatic heterocycles. The van der Waals surface area contributed by atoms with Crippen LogP contribution in [-0.4, -0.2) is 19.5 Å².